The van der Waals surface area contributed by atoms with Crippen molar-refractivity contribution in [2.45, 2.75) is 11.8 Å². The van der Waals surface area contributed by atoms with Crippen molar-refractivity contribution in [1.82, 2.24) is 4.98 Å². The van der Waals surface area contributed by atoms with E-state index in [9.17, 15) is 8.42 Å². The third kappa shape index (κ3) is 3.09. The normalized spacial score (nSPS) is 10.7. The minimum absolute atomic E-state index is 0.0135. The molecule has 0 spiro atoms. The van der Waals surface area contributed by atoms with Gasteiger partial charge in [-0.15, -0.1) is 0 Å². The highest BCUT2D eigenvalue weighted by atomic mass is 32.2. The molecule has 0 aliphatic carbocycles. The van der Waals surface area contributed by atoms with Gasteiger partial charge in [0.05, 0.1) is 11.8 Å². The van der Waals surface area contributed by atoms with E-state index < -0.39 is 10.1 Å². The van der Waals surface area contributed by atoms with Gasteiger partial charge in [0.25, 0.3) is 0 Å². The molecular formula is C13H10N2O3S. The summed E-state index contributed by atoms with van der Waals surface area (Å²) in [5, 5.41) is 8.71. The van der Waals surface area contributed by atoms with Crippen molar-refractivity contribution in [2.24, 2.45) is 0 Å². The molecule has 1 aromatic carbocycles. The van der Waals surface area contributed by atoms with Gasteiger partial charge in [-0.1, -0.05) is 17.7 Å². The summed E-state index contributed by atoms with van der Waals surface area (Å²) in [6, 6.07) is 9.47. The minimum Gasteiger partial charge on any atom is -0.377 e. The number of nitrogens with zero attached hydrogens (tertiary/aromatic N) is 2. The molecule has 6 heteroatoms. The Balaban J connectivity index is 2.31. The molecule has 0 aliphatic rings. The number of hydrogen-bond acceptors (Lipinski definition) is 5. The topological polar surface area (TPSA) is 80.1 Å². The van der Waals surface area contributed by atoms with Gasteiger partial charge in [0.2, 0.25) is 0 Å². The first-order valence-electron chi connectivity index (χ1n) is 5.37. The molecule has 0 unspecified atom stereocenters. The maximum atomic E-state index is 12.0. The minimum atomic E-state index is -3.90. The van der Waals surface area contributed by atoms with Crippen molar-refractivity contribution in [3.8, 4) is 11.8 Å². The van der Waals surface area contributed by atoms with E-state index in [2.05, 4.69) is 4.98 Å². The van der Waals surface area contributed by atoms with Gasteiger partial charge >= 0.3 is 10.1 Å². The van der Waals surface area contributed by atoms with Crippen LogP contribution in [0.3, 0.4) is 0 Å². The lowest BCUT2D eigenvalue weighted by Crippen LogP contribution is -2.09. The second-order valence-electron chi connectivity index (χ2n) is 3.87. The molecule has 96 valence electrons. The van der Waals surface area contributed by atoms with Crippen molar-refractivity contribution < 1.29 is 12.6 Å². The monoisotopic (exact) mass is 274 g/mol. The molecule has 0 amide bonds. The maximum absolute atomic E-state index is 12.0. The van der Waals surface area contributed by atoms with Gasteiger partial charge in [-0.3, -0.25) is 4.98 Å². The molecule has 0 saturated carbocycles. The summed E-state index contributed by atoms with van der Waals surface area (Å²) in [6.45, 7) is 1.86. The Bertz CT molecular complexity index is 731. The number of aromatic nitrogens is 1. The van der Waals surface area contributed by atoms with Crippen LogP contribution in [0.1, 0.15) is 11.1 Å². The van der Waals surface area contributed by atoms with Crippen LogP contribution < -0.4 is 4.18 Å². The summed E-state index contributed by atoms with van der Waals surface area (Å²) in [6.07, 6.45) is 2.57. The van der Waals surface area contributed by atoms with Crippen molar-refractivity contribution in [3.05, 3.63) is 53.9 Å². The molecule has 19 heavy (non-hydrogen) atoms. The van der Waals surface area contributed by atoms with Gasteiger partial charge in [0.1, 0.15) is 11.0 Å². The fourth-order valence-electron chi connectivity index (χ4n) is 1.41. The predicted molar refractivity (Wildman–Crippen MR) is 67.9 cm³/mol. The van der Waals surface area contributed by atoms with E-state index >= 15 is 0 Å². The van der Waals surface area contributed by atoms with Crippen LogP contribution in [0.2, 0.25) is 0 Å². The number of pyridine rings is 1. The lowest BCUT2D eigenvalue weighted by molar-refractivity contribution is 0.485. The van der Waals surface area contributed by atoms with Gasteiger partial charge in [-0.05, 0) is 19.1 Å². The SMILES string of the molecule is Cc1ccc(S(=O)(=O)Oc2cncc(C#N)c2)cc1. The third-order valence-corrected chi connectivity index (χ3v) is 3.62. The number of rotatable bonds is 3. The van der Waals surface area contributed by atoms with Gasteiger partial charge in [0, 0.05) is 12.3 Å². The zero-order valence-corrected chi connectivity index (χ0v) is 10.9. The Kier molecular flexibility index (Phi) is 3.49. The summed E-state index contributed by atoms with van der Waals surface area (Å²) in [7, 11) is -3.90. The lowest BCUT2D eigenvalue weighted by atomic mass is 10.2. The molecule has 2 aromatic rings. The van der Waals surface area contributed by atoms with Crippen LogP contribution >= 0.6 is 0 Å². The second kappa shape index (κ2) is 5.08. The first-order chi connectivity index (χ1) is 9.01. The molecule has 5 nitrogen and oxygen atoms in total. The molecule has 1 heterocycles. The molecule has 0 aliphatic heterocycles. The highest BCUT2D eigenvalue weighted by molar-refractivity contribution is 7.87. The number of nitriles is 1. The van der Waals surface area contributed by atoms with E-state index in [0.29, 0.717) is 0 Å². The lowest BCUT2D eigenvalue weighted by Gasteiger charge is -2.06. The first-order valence-corrected chi connectivity index (χ1v) is 6.78. The number of hydrogen-bond donors (Lipinski definition) is 0. The quantitative estimate of drug-likeness (QED) is 0.800. The van der Waals surface area contributed by atoms with Crippen molar-refractivity contribution in [2.75, 3.05) is 0 Å². The summed E-state index contributed by atoms with van der Waals surface area (Å²) >= 11 is 0. The van der Waals surface area contributed by atoms with Gasteiger partial charge in [-0.25, -0.2) is 0 Å². The Labute approximate surface area is 111 Å². The summed E-state index contributed by atoms with van der Waals surface area (Å²) in [4.78, 5) is 3.79. The van der Waals surface area contributed by atoms with Crippen molar-refractivity contribution in [3.63, 3.8) is 0 Å². The molecular weight excluding hydrogens is 264 g/mol. The van der Waals surface area contributed by atoms with Crippen molar-refractivity contribution >= 4 is 10.1 Å². The molecule has 1 aromatic heterocycles. The van der Waals surface area contributed by atoms with Crippen LogP contribution in [0, 0.1) is 18.3 Å². The molecule has 0 saturated heterocycles. The van der Waals surface area contributed by atoms with E-state index in [0.717, 1.165) is 5.56 Å². The molecule has 2 rings (SSSR count). The van der Waals surface area contributed by atoms with E-state index in [1.54, 1.807) is 12.1 Å². The Hall–Kier alpha value is -2.39. The van der Waals surface area contributed by atoms with Crippen molar-refractivity contribution in [1.29, 1.82) is 5.26 Å². The molecule has 0 fully saturated rings. The van der Waals surface area contributed by atoms with E-state index in [-0.39, 0.29) is 16.2 Å². The van der Waals surface area contributed by atoms with E-state index in [4.69, 9.17) is 9.44 Å². The highest BCUT2D eigenvalue weighted by Gasteiger charge is 2.16. The molecule has 0 N–H and O–H groups in total. The zero-order valence-electron chi connectivity index (χ0n) is 10.1. The van der Waals surface area contributed by atoms with E-state index in [1.165, 1.54) is 30.6 Å². The largest absolute Gasteiger partial charge is 0.377 e. The third-order valence-electron chi connectivity index (χ3n) is 2.36. The Morgan fingerprint density at radius 3 is 2.53 bits per heavy atom. The van der Waals surface area contributed by atoms with Crippen LogP contribution in [-0.2, 0) is 10.1 Å². The van der Waals surface area contributed by atoms with Crippen LogP contribution in [0.15, 0.2) is 47.6 Å². The maximum Gasteiger partial charge on any atom is 0.339 e. The first kappa shape index (κ1) is 13.1. The summed E-state index contributed by atoms with van der Waals surface area (Å²) < 4.78 is 28.9. The summed E-state index contributed by atoms with van der Waals surface area (Å²) in [5.74, 6) is 0.0135. The Morgan fingerprint density at radius 2 is 1.89 bits per heavy atom. The van der Waals surface area contributed by atoms with Crippen LogP contribution in [0.5, 0.6) is 5.75 Å². The predicted octanol–water partition coefficient (Wildman–Crippen LogP) is 2.03. The standard InChI is InChI=1S/C13H10N2O3S/c1-10-2-4-13(5-3-10)19(16,17)18-12-6-11(7-14)8-15-9-12/h2-6,8-9H,1H3. The smallest absolute Gasteiger partial charge is 0.339 e. The fourth-order valence-corrected chi connectivity index (χ4v) is 2.32. The van der Waals surface area contributed by atoms with E-state index in [1.807, 2.05) is 13.0 Å². The molecule has 0 atom stereocenters. The fraction of sp³-hybridized carbons (Fsp3) is 0.0769. The number of aryl methyl sites for hydroxylation is 1. The van der Waals surface area contributed by atoms with Crippen LogP contribution in [-0.4, -0.2) is 13.4 Å². The average molecular weight is 274 g/mol. The Morgan fingerprint density at radius 1 is 1.21 bits per heavy atom. The van der Waals surface area contributed by atoms with Gasteiger partial charge in [-0.2, -0.15) is 13.7 Å². The summed E-state index contributed by atoms with van der Waals surface area (Å²) in [5.41, 5.74) is 1.18. The van der Waals surface area contributed by atoms with Crippen LogP contribution in [0.25, 0.3) is 0 Å². The van der Waals surface area contributed by atoms with Crippen LogP contribution in [0.4, 0.5) is 0 Å². The number of benzene rings is 1. The molecule has 0 bridgehead atoms. The van der Waals surface area contributed by atoms with Gasteiger partial charge in [0.15, 0.2) is 5.75 Å². The highest BCUT2D eigenvalue weighted by Crippen LogP contribution is 2.18. The zero-order chi connectivity index (χ0) is 13.9. The second-order valence-corrected chi connectivity index (χ2v) is 5.42. The average Bonchev–Trinajstić information content (AvgIpc) is 2.39. The van der Waals surface area contributed by atoms with Gasteiger partial charge < -0.3 is 4.18 Å². The molecule has 0 radical (unpaired) electrons.